The minimum absolute atomic E-state index is 0.0859. The number of fused-ring (bicyclic) bond motifs is 4. The van der Waals surface area contributed by atoms with Gasteiger partial charge in [-0.05, 0) is 18.4 Å². The van der Waals surface area contributed by atoms with Crippen LogP contribution in [-0.2, 0) is 47.9 Å². The molecule has 51 heavy (non-hydrogen) atoms. The number of phosphoric acid groups is 1. The minimum atomic E-state index is -5.04. The van der Waals surface area contributed by atoms with Crippen molar-refractivity contribution in [3.05, 3.63) is 30.1 Å². The Morgan fingerprint density at radius 3 is 2.71 bits per heavy atom. The van der Waals surface area contributed by atoms with Crippen molar-refractivity contribution in [1.29, 1.82) is 0 Å². The first-order chi connectivity index (χ1) is 24.5. The minimum Gasteiger partial charge on any atom is -0.395 e. The lowest BCUT2D eigenvalue weighted by Crippen LogP contribution is -2.37. The number of hydrogen-bond donors (Lipinski definition) is 5. The highest BCUT2D eigenvalue weighted by Crippen LogP contribution is 2.59. The monoisotopic (exact) mass is 776 g/mol. The van der Waals surface area contributed by atoms with Crippen LogP contribution in [0.2, 0.25) is 0 Å². The molecule has 0 spiro atoms. The Morgan fingerprint density at radius 2 is 1.90 bits per heavy atom. The summed E-state index contributed by atoms with van der Waals surface area (Å²) in [5.74, 6) is 0.747. The molecule has 3 aromatic rings. The lowest BCUT2D eigenvalue weighted by atomic mass is 10.1. The number of ether oxygens (including phenoxy) is 3. The number of aliphatic hydroxyl groups is 2. The third kappa shape index (κ3) is 6.43. The molecule has 3 fully saturated rings. The SMILES string of the molecule is CO[C@H]1[C@H]2OP(=O)(S)OC[C@H]3O[C@@H](n4cc5c6c(ncnc64)NCCC5)[C@H](F)[C@@H]3OP(=O)(O)OC[C@H]1O[C@H]2n1cnc2c1N=CN(CCO)C2O. The number of rotatable bonds is 5. The quantitative estimate of drug-likeness (QED) is 0.183. The van der Waals surface area contributed by atoms with Crippen molar-refractivity contribution in [3.8, 4) is 0 Å². The van der Waals surface area contributed by atoms with Crippen LogP contribution < -0.4 is 5.32 Å². The lowest BCUT2D eigenvalue weighted by Gasteiger charge is -2.29. The van der Waals surface area contributed by atoms with E-state index >= 15 is 4.39 Å². The molecule has 3 aromatic heterocycles. The molecule has 0 aromatic carbocycles. The fourth-order valence-corrected chi connectivity index (χ4v) is 9.44. The van der Waals surface area contributed by atoms with Crippen LogP contribution >= 0.6 is 26.9 Å². The molecule has 5 aliphatic heterocycles. The first kappa shape index (κ1) is 35.5. The molecule has 3 saturated heterocycles. The topological polar surface area (TPSA) is 236 Å². The standard InChI is InChI=1S/C27H35FN8O12P2S/c1-42-20-15-8-43-49(39,40)47-19-14(45-26(17(19)28)35-7-13-3-2-4-29-22-16(13)23(35)31-10-30-22)9-44-50(41,51)48-21(20)27(46-15)36-12-32-18-24(36)33-11-34(5-6-37)25(18)38/h7,10-12,14-15,17,19-21,25-27,37-38H,2-6,8-9H2,1H3,(H,39,40)(H,41,51)(H,29,30,31)/t14-,15-,17-,19-,20-,21-,25?,26-,27-,50?/m1/s1. The Bertz CT molecular complexity index is 1920. The highest BCUT2D eigenvalue weighted by molar-refractivity contribution is 8.44. The fraction of sp³-hybridized carbons (Fsp3) is 0.630. The number of aliphatic imine (C=N–C) groups is 1. The summed E-state index contributed by atoms with van der Waals surface area (Å²) in [7, 11) is -3.73. The van der Waals surface area contributed by atoms with Crippen molar-refractivity contribution in [2.24, 2.45) is 4.99 Å². The first-order valence-corrected chi connectivity index (χ1v) is 20.2. The van der Waals surface area contributed by atoms with E-state index in [9.17, 15) is 24.2 Å². The van der Waals surface area contributed by atoms with E-state index in [4.69, 9.17) is 32.3 Å². The Hall–Kier alpha value is -2.56. The molecule has 4 N–H and O–H groups in total. The van der Waals surface area contributed by atoms with Crippen LogP contribution in [0.4, 0.5) is 16.0 Å². The van der Waals surface area contributed by atoms with Gasteiger partial charge in [-0.1, -0.05) is 12.2 Å². The molecule has 0 radical (unpaired) electrons. The maximum Gasteiger partial charge on any atom is 0.472 e. The molecule has 278 valence electrons. The molecule has 24 heteroatoms. The number of aromatic nitrogens is 5. The van der Waals surface area contributed by atoms with Gasteiger partial charge < -0.3 is 44.1 Å². The second kappa shape index (κ2) is 13.7. The van der Waals surface area contributed by atoms with E-state index in [0.29, 0.717) is 29.8 Å². The van der Waals surface area contributed by atoms with Gasteiger partial charge in [0.2, 0.25) is 0 Å². The summed E-state index contributed by atoms with van der Waals surface area (Å²) in [6.45, 7) is -5.10. The van der Waals surface area contributed by atoms with Gasteiger partial charge in [0.25, 0.3) is 0 Å². The Morgan fingerprint density at radius 1 is 1.10 bits per heavy atom. The van der Waals surface area contributed by atoms with Crippen LogP contribution in [0.3, 0.4) is 0 Å². The van der Waals surface area contributed by atoms with Crippen molar-refractivity contribution < 1.29 is 60.9 Å². The maximum atomic E-state index is 16.4. The number of phosphoric ester groups is 1. The van der Waals surface area contributed by atoms with Crippen molar-refractivity contribution in [3.63, 3.8) is 0 Å². The summed E-state index contributed by atoms with van der Waals surface area (Å²) >= 11 is 4.20. The van der Waals surface area contributed by atoms with E-state index in [-0.39, 0.29) is 24.7 Å². The normalized spacial score (nSPS) is 38.3. The number of alkyl halides is 1. The van der Waals surface area contributed by atoms with Crippen LogP contribution in [0.15, 0.2) is 23.8 Å². The number of anilines is 1. The van der Waals surface area contributed by atoms with Gasteiger partial charge in [-0.15, -0.1) is 0 Å². The Labute approximate surface area is 294 Å². The fourth-order valence-electron chi connectivity index (χ4n) is 7.02. The molecule has 20 nitrogen and oxygen atoms in total. The van der Waals surface area contributed by atoms with Gasteiger partial charge in [0.15, 0.2) is 30.7 Å². The van der Waals surface area contributed by atoms with Gasteiger partial charge in [-0.2, -0.15) is 0 Å². The molecule has 0 amide bonds. The number of β-amino-alcohol motifs (C(OH)–C–C–N with tert-alkyl or cyclic N) is 1. The second-order valence-electron chi connectivity index (χ2n) is 12.4. The van der Waals surface area contributed by atoms with Crippen LogP contribution in [0.25, 0.3) is 11.0 Å². The van der Waals surface area contributed by atoms with E-state index in [1.165, 1.54) is 40.1 Å². The van der Waals surface area contributed by atoms with Crippen molar-refractivity contribution in [2.45, 2.75) is 68.2 Å². The van der Waals surface area contributed by atoms with Gasteiger partial charge in [0, 0.05) is 26.4 Å². The average Bonchev–Trinajstić information content (AvgIpc) is 3.81. The van der Waals surface area contributed by atoms with Gasteiger partial charge >= 0.3 is 14.6 Å². The van der Waals surface area contributed by atoms with Gasteiger partial charge in [0.05, 0.1) is 37.9 Å². The van der Waals surface area contributed by atoms with E-state index in [0.717, 1.165) is 12.0 Å². The molecule has 2 bridgehead atoms. The molecule has 0 saturated carbocycles. The van der Waals surface area contributed by atoms with E-state index in [1.807, 2.05) is 0 Å². The maximum absolute atomic E-state index is 16.4. The highest BCUT2D eigenvalue weighted by Gasteiger charge is 2.55. The smallest absolute Gasteiger partial charge is 0.395 e. The number of imidazole rings is 1. The number of nitrogens with one attached hydrogen (secondary N) is 1. The molecule has 0 aliphatic carbocycles. The summed E-state index contributed by atoms with van der Waals surface area (Å²) in [5.41, 5.74) is 1.38. The zero-order valence-electron chi connectivity index (χ0n) is 26.8. The van der Waals surface area contributed by atoms with Crippen LogP contribution in [0.5, 0.6) is 0 Å². The van der Waals surface area contributed by atoms with Crippen molar-refractivity contribution in [1.82, 2.24) is 29.0 Å². The summed E-state index contributed by atoms with van der Waals surface area (Å²) in [6.07, 6.45) is -5.43. The summed E-state index contributed by atoms with van der Waals surface area (Å²) < 4.78 is 86.7. The molecule has 5 aliphatic rings. The lowest BCUT2D eigenvalue weighted by molar-refractivity contribution is -0.0636. The van der Waals surface area contributed by atoms with Crippen molar-refractivity contribution in [2.75, 3.05) is 45.3 Å². The van der Waals surface area contributed by atoms with E-state index in [2.05, 4.69) is 37.5 Å². The summed E-state index contributed by atoms with van der Waals surface area (Å²) in [6, 6.07) is 0. The third-order valence-electron chi connectivity index (χ3n) is 9.33. The molecule has 8 rings (SSSR count). The van der Waals surface area contributed by atoms with Gasteiger partial charge in [-0.3, -0.25) is 22.7 Å². The summed E-state index contributed by atoms with van der Waals surface area (Å²) in [4.78, 5) is 29.5. The number of halogens is 1. The van der Waals surface area contributed by atoms with Gasteiger partial charge in [-0.25, -0.2) is 33.5 Å². The Balaban J connectivity index is 1.09. The average molecular weight is 777 g/mol. The number of methoxy groups -OCH3 is 1. The molecule has 8 heterocycles. The van der Waals surface area contributed by atoms with E-state index in [1.54, 1.807) is 6.20 Å². The van der Waals surface area contributed by atoms with Crippen LogP contribution in [-0.4, -0.2) is 127 Å². The first-order valence-electron chi connectivity index (χ1n) is 16.0. The van der Waals surface area contributed by atoms with Gasteiger partial charge in [0.1, 0.15) is 54.0 Å². The number of aryl methyl sites for hydroxylation is 1. The number of hydrogen-bond acceptors (Lipinski definition) is 17. The van der Waals surface area contributed by atoms with Crippen molar-refractivity contribution >= 4 is 55.9 Å². The molecule has 3 unspecified atom stereocenters. The predicted octanol–water partition coefficient (Wildman–Crippen LogP) is 1.75. The summed E-state index contributed by atoms with van der Waals surface area (Å²) in [5, 5.41) is 24.1. The number of aliphatic hydroxyl groups excluding tert-OH is 2. The largest absolute Gasteiger partial charge is 0.472 e. The number of thiol groups is 1. The number of nitrogens with zero attached hydrogens (tertiary/aromatic N) is 7. The molecular weight excluding hydrogens is 741 g/mol. The molecular formula is C27H35FN8O12P2S. The predicted molar refractivity (Wildman–Crippen MR) is 175 cm³/mol. The molecule has 11 atom stereocenters. The van der Waals surface area contributed by atoms with Crippen LogP contribution in [0.1, 0.15) is 36.4 Å². The van der Waals surface area contributed by atoms with Crippen LogP contribution in [0, 0.1) is 0 Å². The zero-order chi connectivity index (χ0) is 35.7. The highest BCUT2D eigenvalue weighted by atomic mass is 32.7. The van der Waals surface area contributed by atoms with E-state index < -0.39 is 83.2 Å². The second-order valence-corrected chi connectivity index (χ2v) is 16.7. The Kier molecular flexibility index (Phi) is 9.52. The zero-order valence-corrected chi connectivity index (χ0v) is 29.5. The third-order valence-corrected chi connectivity index (χ3v) is 11.9.